The van der Waals surface area contributed by atoms with Crippen molar-refractivity contribution in [1.82, 2.24) is 10.1 Å². The first-order valence-corrected chi connectivity index (χ1v) is 7.50. The Morgan fingerprint density at radius 3 is 2.52 bits per heavy atom. The summed E-state index contributed by atoms with van der Waals surface area (Å²) >= 11 is 0. The van der Waals surface area contributed by atoms with E-state index in [-0.39, 0.29) is 0 Å². The van der Waals surface area contributed by atoms with Crippen LogP contribution in [0.3, 0.4) is 0 Å². The Hall–Kier alpha value is -3.35. The second kappa shape index (κ2) is 7.04. The number of carbonyl (C=O) groups is 1. The Bertz CT molecular complexity index is 887. The minimum atomic E-state index is -1.06. The average Bonchev–Trinajstić information content (AvgIpc) is 3.10. The van der Waals surface area contributed by atoms with E-state index in [0.29, 0.717) is 28.8 Å². The number of aryl methyl sites for hydroxylation is 1. The molecule has 0 aliphatic rings. The fraction of sp³-hybridized carbons (Fsp3) is 0.167. The number of methoxy groups -OCH3 is 1. The van der Waals surface area contributed by atoms with Gasteiger partial charge in [0.2, 0.25) is 5.82 Å². The van der Waals surface area contributed by atoms with E-state index in [2.05, 4.69) is 10.1 Å². The van der Waals surface area contributed by atoms with Crippen molar-refractivity contribution in [2.45, 2.75) is 6.92 Å². The summed E-state index contributed by atoms with van der Waals surface area (Å²) in [6.07, 6.45) is 0. The van der Waals surface area contributed by atoms with Crippen molar-refractivity contribution in [3.63, 3.8) is 0 Å². The molecule has 0 atom stereocenters. The molecule has 128 valence electrons. The van der Waals surface area contributed by atoms with Gasteiger partial charge < -0.3 is 19.1 Å². The minimum absolute atomic E-state index is 0.330. The highest BCUT2D eigenvalue weighted by Crippen LogP contribution is 2.32. The van der Waals surface area contributed by atoms with Crippen LogP contribution in [-0.2, 0) is 4.79 Å². The molecule has 1 heterocycles. The van der Waals surface area contributed by atoms with Gasteiger partial charge in [0.25, 0.3) is 5.89 Å². The lowest BCUT2D eigenvalue weighted by Gasteiger charge is -2.09. The fourth-order valence-corrected chi connectivity index (χ4v) is 2.22. The second-order valence-corrected chi connectivity index (χ2v) is 5.34. The molecule has 0 saturated heterocycles. The maximum absolute atomic E-state index is 10.6. The van der Waals surface area contributed by atoms with Gasteiger partial charge in [-0.1, -0.05) is 22.9 Å². The van der Waals surface area contributed by atoms with Gasteiger partial charge in [0.15, 0.2) is 18.1 Å². The Morgan fingerprint density at radius 1 is 1.12 bits per heavy atom. The molecule has 0 fully saturated rings. The van der Waals surface area contributed by atoms with Crippen LogP contribution in [0.1, 0.15) is 5.56 Å². The maximum atomic E-state index is 10.6. The molecule has 1 N–H and O–H groups in total. The van der Waals surface area contributed by atoms with Gasteiger partial charge >= 0.3 is 5.97 Å². The van der Waals surface area contributed by atoms with Crippen molar-refractivity contribution in [3.05, 3.63) is 48.0 Å². The molecule has 0 aliphatic heterocycles. The lowest BCUT2D eigenvalue weighted by molar-refractivity contribution is -0.139. The van der Waals surface area contributed by atoms with Crippen LogP contribution in [0.2, 0.25) is 0 Å². The Kier molecular flexibility index (Phi) is 4.65. The van der Waals surface area contributed by atoms with E-state index in [0.717, 1.165) is 11.1 Å². The number of carboxylic acids is 1. The largest absolute Gasteiger partial charge is 0.493 e. The number of benzene rings is 2. The third-order valence-corrected chi connectivity index (χ3v) is 3.50. The van der Waals surface area contributed by atoms with Gasteiger partial charge in [-0.25, -0.2) is 4.79 Å². The van der Waals surface area contributed by atoms with E-state index >= 15 is 0 Å². The van der Waals surface area contributed by atoms with Gasteiger partial charge in [-0.3, -0.25) is 0 Å². The molecule has 1 aromatic heterocycles. The minimum Gasteiger partial charge on any atom is -0.493 e. The van der Waals surface area contributed by atoms with Crippen LogP contribution in [-0.4, -0.2) is 34.9 Å². The van der Waals surface area contributed by atoms with E-state index in [1.54, 1.807) is 18.2 Å². The monoisotopic (exact) mass is 340 g/mol. The van der Waals surface area contributed by atoms with E-state index in [1.807, 2.05) is 31.2 Å². The Balaban J connectivity index is 1.87. The van der Waals surface area contributed by atoms with Crippen molar-refractivity contribution >= 4 is 5.97 Å². The number of nitrogens with zero attached hydrogens (tertiary/aromatic N) is 2. The molecule has 7 heteroatoms. The number of aromatic nitrogens is 2. The molecule has 3 aromatic rings. The first kappa shape index (κ1) is 16.5. The molecular weight excluding hydrogens is 324 g/mol. The quantitative estimate of drug-likeness (QED) is 0.736. The first-order chi connectivity index (χ1) is 12.1. The summed E-state index contributed by atoms with van der Waals surface area (Å²) in [6, 6.07) is 12.8. The summed E-state index contributed by atoms with van der Waals surface area (Å²) in [5, 5.41) is 12.7. The van der Waals surface area contributed by atoms with Gasteiger partial charge in [-0.15, -0.1) is 0 Å². The van der Waals surface area contributed by atoms with Crippen LogP contribution in [0.15, 0.2) is 47.0 Å². The molecule has 7 nitrogen and oxygen atoms in total. The van der Waals surface area contributed by atoms with Gasteiger partial charge in [-0.05, 0) is 37.3 Å². The second-order valence-electron chi connectivity index (χ2n) is 5.34. The van der Waals surface area contributed by atoms with Gasteiger partial charge in [0, 0.05) is 11.1 Å². The van der Waals surface area contributed by atoms with Crippen molar-refractivity contribution < 1.29 is 23.9 Å². The molecule has 0 aliphatic carbocycles. The summed E-state index contributed by atoms with van der Waals surface area (Å²) in [5.74, 6) is 0.474. The van der Waals surface area contributed by atoms with Crippen LogP contribution < -0.4 is 9.47 Å². The van der Waals surface area contributed by atoms with Crippen LogP contribution >= 0.6 is 0 Å². The zero-order valence-corrected chi connectivity index (χ0v) is 13.7. The molecule has 2 aromatic carbocycles. The van der Waals surface area contributed by atoms with Crippen molar-refractivity contribution in [2.24, 2.45) is 0 Å². The van der Waals surface area contributed by atoms with Crippen LogP contribution in [0, 0.1) is 6.92 Å². The van der Waals surface area contributed by atoms with Gasteiger partial charge in [-0.2, -0.15) is 4.98 Å². The van der Waals surface area contributed by atoms with Gasteiger partial charge in [0.05, 0.1) is 7.11 Å². The van der Waals surface area contributed by atoms with E-state index in [1.165, 1.54) is 7.11 Å². The summed E-state index contributed by atoms with van der Waals surface area (Å²) in [7, 11) is 1.47. The molecule has 25 heavy (non-hydrogen) atoms. The summed E-state index contributed by atoms with van der Waals surface area (Å²) in [5.41, 5.74) is 2.64. The fourth-order valence-electron chi connectivity index (χ4n) is 2.22. The van der Waals surface area contributed by atoms with Crippen LogP contribution in [0.25, 0.3) is 22.8 Å². The molecule has 0 spiro atoms. The number of hydrogen-bond acceptors (Lipinski definition) is 6. The molecule has 3 rings (SSSR count). The molecular formula is C18H16N2O5. The number of rotatable bonds is 6. The normalized spacial score (nSPS) is 10.5. The maximum Gasteiger partial charge on any atom is 0.341 e. The zero-order valence-electron chi connectivity index (χ0n) is 13.7. The zero-order chi connectivity index (χ0) is 17.8. The lowest BCUT2D eigenvalue weighted by atomic mass is 10.1. The van der Waals surface area contributed by atoms with E-state index in [9.17, 15) is 4.79 Å². The molecule has 0 bridgehead atoms. The van der Waals surface area contributed by atoms with Crippen LogP contribution in [0.5, 0.6) is 11.5 Å². The third kappa shape index (κ3) is 3.77. The first-order valence-electron chi connectivity index (χ1n) is 7.50. The molecule has 0 amide bonds. The standard InChI is InChI=1S/C18H16N2O5/c1-11-3-5-12(6-4-11)18-19-17(20-25-18)13-7-8-14(15(9-13)23-2)24-10-16(21)22/h3-9H,10H2,1-2H3,(H,21,22). The number of carboxylic acid groups (broad SMARTS) is 1. The Labute approximate surface area is 143 Å². The summed E-state index contributed by atoms with van der Waals surface area (Å²) in [4.78, 5) is 15.0. The molecule has 0 saturated carbocycles. The van der Waals surface area contributed by atoms with E-state index < -0.39 is 12.6 Å². The predicted molar refractivity (Wildman–Crippen MR) is 89.6 cm³/mol. The lowest BCUT2D eigenvalue weighted by Crippen LogP contribution is -2.10. The van der Waals surface area contributed by atoms with Crippen molar-refractivity contribution in [1.29, 1.82) is 0 Å². The number of aliphatic carboxylic acids is 1. The third-order valence-electron chi connectivity index (χ3n) is 3.50. The highest BCUT2D eigenvalue weighted by Gasteiger charge is 2.14. The Morgan fingerprint density at radius 2 is 1.84 bits per heavy atom. The van der Waals surface area contributed by atoms with E-state index in [4.69, 9.17) is 19.1 Å². The topological polar surface area (TPSA) is 94.7 Å². The van der Waals surface area contributed by atoms with Crippen molar-refractivity contribution in [3.8, 4) is 34.3 Å². The highest BCUT2D eigenvalue weighted by molar-refractivity contribution is 5.69. The average molecular weight is 340 g/mol. The molecule has 0 radical (unpaired) electrons. The highest BCUT2D eigenvalue weighted by atomic mass is 16.5. The van der Waals surface area contributed by atoms with Gasteiger partial charge in [0.1, 0.15) is 0 Å². The van der Waals surface area contributed by atoms with Crippen molar-refractivity contribution in [2.75, 3.05) is 13.7 Å². The predicted octanol–water partition coefficient (Wildman–Crippen LogP) is 3.18. The number of ether oxygens (including phenoxy) is 2. The van der Waals surface area contributed by atoms with Crippen LogP contribution in [0.4, 0.5) is 0 Å². The number of hydrogen-bond donors (Lipinski definition) is 1. The summed E-state index contributed by atoms with van der Waals surface area (Å²) in [6.45, 7) is 1.55. The summed E-state index contributed by atoms with van der Waals surface area (Å²) < 4.78 is 15.7. The molecule has 0 unspecified atom stereocenters. The SMILES string of the molecule is COc1cc(-c2noc(-c3ccc(C)cc3)n2)ccc1OCC(=O)O. The smallest absolute Gasteiger partial charge is 0.341 e.